The summed E-state index contributed by atoms with van der Waals surface area (Å²) in [5.74, 6) is 0.197. The van der Waals surface area contributed by atoms with E-state index >= 15 is 0 Å². The van der Waals surface area contributed by atoms with Gasteiger partial charge in [-0.15, -0.1) is 0 Å². The summed E-state index contributed by atoms with van der Waals surface area (Å²) in [6.07, 6.45) is 6.39. The first-order valence-corrected chi connectivity index (χ1v) is 6.70. The molecule has 0 aliphatic heterocycles. The molecular formula is C13H20N4O2. The Bertz CT molecular complexity index is 432. The number of nitrogens with zero attached hydrogens (tertiary/aromatic N) is 2. The molecule has 1 aliphatic carbocycles. The zero-order valence-electron chi connectivity index (χ0n) is 11.1. The molecule has 3 N–H and O–H groups in total. The van der Waals surface area contributed by atoms with Crippen LogP contribution in [-0.2, 0) is 4.79 Å². The quantitative estimate of drug-likeness (QED) is 0.728. The second-order valence-electron chi connectivity index (χ2n) is 5.03. The van der Waals surface area contributed by atoms with E-state index in [-0.39, 0.29) is 0 Å². The fourth-order valence-electron chi connectivity index (χ4n) is 2.16. The summed E-state index contributed by atoms with van der Waals surface area (Å²) >= 11 is 0. The molecule has 1 aromatic heterocycles. The lowest BCUT2D eigenvalue weighted by atomic mass is 10.2. The third-order valence-electron chi connectivity index (χ3n) is 3.39. The first-order valence-electron chi connectivity index (χ1n) is 6.70. The van der Waals surface area contributed by atoms with Crippen LogP contribution in [0.3, 0.4) is 0 Å². The Morgan fingerprint density at radius 3 is 2.79 bits per heavy atom. The minimum atomic E-state index is -0.814. The molecule has 0 aromatic carbocycles. The zero-order chi connectivity index (χ0) is 13.7. The predicted molar refractivity (Wildman–Crippen MR) is 73.2 cm³/mol. The van der Waals surface area contributed by atoms with Gasteiger partial charge in [0.05, 0.1) is 5.92 Å². The van der Waals surface area contributed by atoms with Gasteiger partial charge in [-0.2, -0.15) is 0 Å². The number of carboxylic acid groups (broad SMARTS) is 1. The van der Waals surface area contributed by atoms with Crippen LogP contribution < -0.4 is 10.6 Å². The Balaban J connectivity index is 1.89. The number of anilines is 2. The lowest BCUT2D eigenvalue weighted by molar-refractivity contribution is -0.140. The minimum absolute atomic E-state index is 0.356. The minimum Gasteiger partial charge on any atom is -0.481 e. The van der Waals surface area contributed by atoms with Crippen LogP contribution in [0, 0.1) is 5.92 Å². The molecule has 0 spiro atoms. The van der Waals surface area contributed by atoms with Crippen molar-refractivity contribution in [1.82, 2.24) is 9.97 Å². The SMILES string of the molecule is CC(CNc1cc(NC2CCCC2)ncn1)C(=O)O. The highest BCUT2D eigenvalue weighted by Gasteiger charge is 2.15. The molecule has 104 valence electrons. The van der Waals surface area contributed by atoms with Gasteiger partial charge in [0.25, 0.3) is 0 Å². The van der Waals surface area contributed by atoms with E-state index in [1.54, 1.807) is 6.92 Å². The standard InChI is InChI=1S/C13H20N4O2/c1-9(13(18)19)7-14-11-6-12(16-8-15-11)17-10-4-2-3-5-10/h6,8-10H,2-5,7H2,1H3,(H,18,19)(H2,14,15,16,17). The molecule has 0 bridgehead atoms. The largest absolute Gasteiger partial charge is 0.481 e. The number of nitrogens with one attached hydrogen (secondary N) is 2. The summed E-state index contributed by atoms with van der Waals surface area (Å²) in [5, 5.41) is 15.2. The maximum Gasteiger partial charge on any atom is 0.308 e. The van der Waals surface area contributed by atoms with Crippen LogP contribution in [0.2, 0.25) is 0 Å². The molecular weight excluding hydrogens is 244 g/mol. The lowest BCUT2D eigenvalue weighted by Gasteiger charge is -2.14. The highest BCUT2D eigenvalue weighted by atomic mass is 16.4. The van der Waals surface area contributed by atoms with Gasteiger partial charge < -0.3 is 15.7 Å². The molecule has 6 heteroatoms. The molecule has 19 heavy (non-hydrogen) atoms. The topological polar surface area (TPSA) is 87.1 Å². The Morgan fingerprint density at radius 1 is 1.42 bits per heavy atom. The smallest absolute Gasteiger partial charge is 0.308 e. The summed E-state index contributed by atoms with van der Waals surface area (Å²) < 4.78 is 0. The Kier molecular flexibility index (Phi) is 4.54. The van der Waals surface area contributed by atoms with Crippen molar-refractivity contribution in [2.75, 3.05) is 17.2 Å². The van der Waals surface area contributed by atoms with Gasteiger partial charge in [0.1, 0.15) is 18.0 Å². The second-order valence-corrected chi connectivity index (χ2v) is 5.03. The third kappa shape index (κ3) is 4.08. The number of hydrogen-bond acceptors (Lipinski definition) is 5. The van der Waals surface area contributed by atoms with Gasteiger partial charge >= 0.3 is 5.97 Å². The number of hydrogen-bond donors (Lipinski definition) is 3. The summed E-state index contributed by atoms with van der Waals surface area (Å²) in [7, 11) is 0. The number of carboxylic acids is 1. The molecule has 0 radical (unpaired) electrons. The van der Waals surface area contributed by atoms with E-state index in [0.29, 0.717) is 18.4 Å². The van der Waals surface area contributed by atoms with Gasteiger partial charge in [-0.1, -0.05) is 19.8 Å². The Hall–Kier alpha value is -1.85. The highest BCUT2D eigenvalue weighted by Crippen LogP contribution is 2.21. The Labute approximate surface area is 112 Å². The van der Waals surface area contributed by atoms with Crippen LogP contribution in [0.15, 0.2) is 12.4 Å². The molecule has 0 saturated heterocycles. The average Bonchev–Trinajstić information content (AvgIpc) is 2.89. The fourth-order valence-corrected chi connectivity index (χ4v) is 2.16. The van der Waals surface area contributed by atoms with Crippen molar-refractivity contribution in [3.63, 3.8) is 0 Å². The van der Waals surface area contributed by atoms with E-state index in [2.05, 4.69) is 20.6 Å². The normalized spacial score (nSPS) is 17.1. The Morgan fingerprint density at radius 2 is 2.11 bits per heavy atom. The molecule has 1 aromatic rings. The van der Waals surface area contributed by atoms with E-state index < -0.39 is 11.9 Å². The van der Waals surface area contributed by atoms with Crippen molar-refractivity contribution in [2.45, 2.75) is 38.6 Å². The monoisotopic (exact) mass is 264 g/mol. The number of aromatic nitrogens is 2. The van der Waals surface area contributed by atoms with Gasteiger partial charge in [0.15, 0.2) is 0 Å². The summed E-state index contributed by atoms with van der Waals surface area (Å²) in [6, 6.07) is 2.33. The number of carbonyl (C=O) groups is 1. The average molecular weight is 264 g/mol. The van der Waals surface area contributed by atoms with Crippen LogP contribution in [-0.4, -0.2) is 33.6 Å². The lowest BCUT2D eigenvalue weighted by Crippen LogP contribution is -2.20. The van der Waals surface area contributed by atoms with Gasteiger partial charge in [0, 0.05) is 18.7 Å². The maximum absolute atomic E-state index is 10.7. The van der Waals surface area contributed by atoms with Crippen molar-refractivity contribution in [2.24, 2.45) is 5.92 Å². The van der Waals surface area contributed by atoms with E-state index in [1.807, 2.05) is 6.07 Å². The second kappa shape index (κ2) is 6.36. The first-order chi connectivity index (χ1) is 9.15. The highest BCUT2D eigenvalue weighted by molar-refractivity contribution is 5.70. The third-order valence-corrected chi connectivity index (χ3v) is 3.39. The molecule has 1 unspecified atom stereocenters. The molecule has 2 rings (SSSR count). The zero-order valence-corrected chi connectivity index (χ0v) is 11.1. The van der Waals surface area contributed by atoms with Crippen LogP contribution in [0.5, 0.6) is 0 Å². The summed E-state index contributed by atoms with van der Waals surface area (Å²) in [6.45, 7) is 2.02. The van der Waals surface area contributed by atoms with Crippen LogP contribution in [0.25, 0.3) is 0 Å². The van der Waals surface area contributed by atoms with E-state index in [4.69, 9.17) is 5.11 Å². The van der Waals surface area contributed by atoms with E-state index in [9.17, 15) is 4.79 Å². The predicted octanol–water partition coefficient (Wildman–Crippen LogP) is 1.96. The number of aliphatic carboxylic acids is 1. The molecule has 1 aliphatic rings. The molecule has 1 heterocycles. The summed E-state index contributed by atoms with van der Waals surface area (Å²) in [4.78, 5) is 19.0. The summed E-state index contributed by atoms with van der Waals surface area (Å²) in [5.41, 5.74) is 0. The van der Waals surface area contributed by atoms with Gasteiger partial charge in [-0.05, 0) is 12.8 Å². The first kappa shape index (κ1) is 13.6. The van der Waals surface area contributed by atoms with E-state index in [0.717, 1.165) is 5.82 Å². The van der Waals surface area contributed by atoms with Gasteiger partial charge in [-0.3, -0.25) is 4.79 Å². The van der Waals surface area contributed by atoms with Crippen molar-refractivity contribution in [3.8, 4) is 0 Å². The molecule has 1 fully saturated rings. The fraction of sp³-hybridized carbons (Fsp3) is 0.615. The van der Waals surface area contributed by atoms with Crippen molar-refractivity contribution in [3.05, 3.63) is 12.4 Å². The van der Waals surface area contributed by atoms with Gasteiger partial charge in [0.2, 0.25) is 0 Å². The van der Waals surface area contributed by atoms with E-state index in [1.165, 1.54) is 32.0 Å². The molecule has 6 nitrogen and oxygen atoms in total. The van der Waals surface area contributed by atoms with Crippen molar-refractivity contribution in [1.29, 1.82) is 0 Å². The van der Waals surface area contributed by atoms with Crippen molar-refractivity contribution < 1.29 is 9.90 Å². The number of rotatable bonds is 6. The molecule has 1 atom stereocenters. The molecule has 1 saturated carbocycles. The van der Waals surface area contributed by atoms with Gasteiger partial charge in [-0.25, -0.2) is 9.97 Å². The van der Waals surface area contributed by atoms with Crippen molar-refractivity contribution >= 4 is 17.6 Å². The van der Waals surface area contributed by atoms with Crippen LogP contribution >= 0.6 is 0 Å². The molecule has 0 amide bonds. The van der Waals surface area contributed by atoms with Crippen LogP contribution in [0.1, 0.15) is 32.6 Å². The maximum atomic E-state index is 10.7. The van der Waals surface area contributed by atoms with Crippen LogP contribution in [0.4, 0.5) is 11.6 Å².